The molecule has 1 fully saturated rings. The van der Waals surface area contributed by atoms with Gasteiger partial charge in [0.25, 0.3) is 0 Å². The van der Waals surface area contributed by atoms with Gasteiger partial charge in [0.1, 0.15) is 5.03 Å². The van der Waals surface area contributed by atoms with E-state index in [1.165, 1.54) is 12.1 Å². The Morgan fingerprint density at radius 1 is 1.12 bits per heavy atom. The molecule has 1 aliphatic carbocycles. The zero-order valence-electron chi connectivity index (χ0n) is 13.5. The SMILES string of the molecule is CC(C)Sc1cc(-c2cc3cc(F)c(F)cc3n2C2CC2)cnn1. The van der Waals surface area contributed by atoms with E-state index in [1.807, 2.05) is 12.1 Å². The summed E-state index contributed by atoms with van der Waals surface area (Å²) < 4.78 is 29.4. The molecule has 4 rings (SSSR count). The first-order chi connectivity index (χ1) is 11.5. The van der Waals surface area contributed by atoms with Gasteiger partial charge in [-0.15, -0.1) is 16.9 Å². The number of nitrogens with zero attached hydrogens (tertiary/aromatic N) is 3. The lowest BCUT2D eigenvalue weighted by Crippen LogP contribution is -1.99. The molecular formula is C18H17F2N3S. The monoisotopic (exact) mass is 345 g/mol. The molecule has 1 aromatic carbocycles. The van der Waals surface area contributed by atoms with Crippen molar-refractivity contribution < 1.29 is 8.78 Å². The van der Waals surface area contributed by atoms with Crippen molar-refractivity contribution in [1.82, 2.24) is 14.8 Å². The average molecular weight is 345 g/mol. The zero-order valence-corrected chi connectivity index (χ0v) is 14.3. The number of rotatable bonds is 4. The Kier molecular flexibility index (Phi) is 3.79. The number of benzene rings is 1. The van der Waals surface area contributed by atoms with Gasteiger partial charge in [-0.1, -0.05) is 13.8 Å². The maximum absolute atomic E-state index is 13.7. The summed E-state index contributed by atoms with van der Waals surface area (Å²) in [7, 11) is 0. The molecule has 2 aromatic heterocycles. The number of hydrogen-bond acceptors (Lipinski definition) is 3. The third-order valence-corrected chi connectivity index (χ3v) is 4.99. The highest BCUT2D eigenvalue weighted by molar-refractivity contribution is 7.99. The van der Waals surface area contributed by atoms with Gasteiger partial charge in [-0.2, -0.15) is 5.10 Å². The van der Waals surface area contributed by atoms with Crippen LogP contribution in [0.15, 0.2) is 35.5 Å². The molecule has 0 saturated heterocycles. The first kappa shape index (κ1) is 15.6. The third kappa shape index (κ3) is 2.79. The lowest BCUT2D eigenvalue weighted by atomic mass is 10.2. The molecule has 124 valence electrons. The van der Waals surface area contributed by atoms with Crippen molar-refractivity contribution in [3.05, 3.63) is 42.1 Å². The van der Waals surface area contributed by atoms with Crippen LogP contribution < -0.4 is 0 Å². The van der Waals surface area contributed by atoms with Crippen LogP contribution in [-0.4, -0.2) is 20.0 Å². The van der Waals surface area contributed by atoms with E-state index >= 15 is 0 Å². The Bertz CT molecular complexity index is 916. The van der Waals surface area contributed by atoms with Gasteiger partial charge in [-0.05, 0) is 31.0 Å². The van der Waals surface area contributed by atoms with E-state index in [-0.39, 0.29) is 0 Å². The largest absolute Gasteiger partial charge is 0.337 e. The standard InChI is InChI=1S/C18H17F2N3S/c1-10(2)24-18-7-12(9-21-22-18)16-6-11-5-14(19)15(20)8-17(11)23(16)13-3-4-13/h5-10,13H,3-4H2,1-2H3. The fraction of sp³-hybridized carbons (Fsp3) is 0.333. The highest BCUT2D eigenvalue weighted by atomic mass is 32.2. The minimum absolute atomic E-state index is 0.344. The molecule has 0 radical (unpaired) electrons. The molecule has 24 heavy (non-hydrogen) atoms. The van der Waals surface area contributed by atoms with Crippen LogP contribution in [0.25, 0.3) is 22.2 Å². The van der Waals surface area contributed by atoms with E-state index in [0.717, 1.165) is 34.6 Å². The van der Waals surface area contributed by atoms with Gasteiger partial charge in [0.05, 0.1) is 17.4 Å². The summed E-state index contributed by atoms with van der Waals surface area (Å²) in [5.74, 6) is -1.62. The summed E-state index contributed by atoms with van der Waals surface area (Å²) in [5, 5.41) is 10.2. The van der Waals surface area contributed by atoms with Crippen LogP contribution in [0.1, 0.15) is 32.7 Å². The Balaban J connectivity index is 1.88. The van der Waals surface area contributed by atoms with Crippen LogP contribution in [0, 0.1) is 11.6 Å². The second-order valence-electron chi connectivity index (χ2n) is 6.40. The quantitative estimate of drug-likeness (QED) is 0.608. The minimum Gasteiger partial charge on any atom is -0.337 e. The Labute approximate surface area is 143 Å². The van der Waals surface area contributed by atoms with Gasteiger partial charge in [-0.3, -0.25) is 0 Å². The Hall–Kier alpha value is -1.95. The molecule has 3 nitrogen and oxygen atoms in total. The van der Waals surface area contributed by atoms with E-state index < -0.39 is 11.6 Å². The lowest BCUT2D eigenvalue weighted by molar-refractivity contribution is 0.510. The first-order valence-electron chi connectivity index (χ1n) is 8.02. The molecule has 0 amide bonds. The van der Waals surface area contributed by atoms with E-state index in [9.17, 15) is 8.78 Å². The minimum atomic E-state index is -0.814. The van der Waals surface area contributed by atoms with Crippen LogP contribution in [0.4, 0.5) is 8.78 Å². The van der Waals surface area contributed by atoms with Crippen LogP contribution in [-0.2, 0) is 0 Å². The topological polar surface area (TPSA) is 30.7 Å². The predicted octanol–water partition coefficient (Wildman–Crippen LogP) is 5.21. The number of halogens is 2. The van der Waals surface area contributed by atoms with Crippen molar-refractivity contribution in [3.63, 3.8) is 0 Å². The summed E-state index contributed by atoms with van der Waals surface area (Å²) in [6, 6.07) is 6.82. The third-order valence-electron chi connectivity index (χ3n) is 4.08. The summed E-state index contributed by atoms with van der Waals surface area (Å²) in [6.07, 6.45) is 3.83. The molecule has 0 unspecified atom stereocenters. The predicted molar refractivity (Wildman–Crippen MR) is 92.1 cm³/mol. The number of hydrogen-bond donors (Lipinski definition) is 0. The number of aromatic nitrogens is 3. The van der Waals surface area contributed by atoms with Crippen LogP contribution in [0.2, 0.25) is 0 Å². The van der Waals surface area contributed by atoms with Gasteiger partial charge >= 0.3 is 0 Å². The second kappa shape index (κ2) is 5.84. The Morgan fingerprint density at radius 3 is 2.58 bits per heavy atom. The van der Waals surface area contributed by atoms with Crippen molar-refractivity contribution in [3.8, 4) is 11.3 Å². The number of thioether (sulfide) groups is 1. The molecule has 3 aromatic rings. The van der Waals surface area contributed by atoms with Gasteiger partial charge in [0.2, 0.25) is 0 Å². The first-order valence-corrected chi connectivity index (χ1v) is 8.90. The van der Waals surface area contributed by atoms with Crippen LogP contribution in [0.3, 0.4) is 0 Å². The van der Waals surface area contributed by atoms with E-state index in [4.69, 9.17) is 0 Å². The van der Waals surface area contributed by atoms with Crippen molar-refractivity contribution in [2.45, 2.75) is 43.0 Å². The molecule has 1 saturated carbocycles. The van der Waals surface area contributed by atoms with E-state index in [1.54, 1.807) is 18.0 Å². The zero-order chi connectivity index (χ0) is 16.8. The maximum Gasteiger partial charge on any atom is 0.160 e. The van der Waals surface area contributed by atoms with Crippen molar-refractivity contribution in [2.75, 3.05) is 0 Å². The molecule has 0 aliphatic heterocycles. The van der Waals surface area contributed by atoms with Crippen LogP contribution >= 0.6 is 11.8 Å². The van der Waals surface area contributed by atoms with E-state index in [2.05, 4.69) is 28.6 Å². The smallest absolute Gasteiger partial charge is 0.160 e. The lowest BCUT2D eigenvalue weighted by Gasteiger charge is -2.10. The van der Waals surface area contributed by atoms with Crippen molar-refractivity contribution in [2.24, 2.45) is 0 Å². The van der Waals surface area contributed by atoms with Gasteiger partial charge < -0.3 is 4.57 Å². The second-order valence-corrected chi connectivity index (χ2v) is 8.00. The normalized spacial score (nSPS) is 14.7. The molecule has 0 N–H and O–H groups in total. The molecule has 6 heteroatoms. The maximum atomic E-state index is 13.7. The molecular weight excluding hydrogens is 328 g/mol. The van der Waals surface area contributed by atoms with Gasteiger partial charge in [-0.25, -0.2) is 8.78 Å². The van der Waals surface area contributed by atoms with Gasteiger partial charge in [0, 0.05) is 28.3 Å². The van der Waals surface area contributed by atoms with E-state index in [0.29, 0.717) is 16.7 Å². The molecule has 0 atom stereocenters. The molecule has 2 heterocycles. The van der Waals surface area contributed by atoms with Crippen molar-refractivity contribution in [1.29, 1.82) is 0 Å². The highest BCUT2D eigenvalue weighted by Gasteiger charge is 2.28. The average Bonchev–Trinajstić information content (AvgIpc) is 3.30. The van der Waals surface area contributed by atoms with Crippen molar-refractivity contribution >= 4 is 22.7 Å². The molecule has 1 aliphatic rings. The molecule has 0 bridgehead atoms. The summed E-state index contributed by atoms with van der Waals surface area (Å²) >= 11 is 1.65. The van der Waals surface area contributed by atoms with Crippen LogP contribution in [0.5, 0.6) is 0 Å². The fourth-order valence-corrected chi connectivity index (χ4v) is 3.73. The summed E-state index contributed by atoms with van der Waals surface area (Å²) in [4.78, 5) is 0. The van der Waals surface area contributed by atoms with Gasteiger partial charge in [0.15, 0.2) is 11.6 Å². The number of fused-ring (bicyclic) bond motifs is 1. The summed E-state index contributed by atoms with van der Waals surface area (Å²) in [5.41, 5.74) is 2.61. The summed E-state index contributed by atoms with van der Waals surface area (Å²) in [6.45, 7) is 4.21. The fourth-order valence-electron chi connectivity index (χ4n) is 2.96. The molecule has 0 spiro atoms. The highest BCUT2D eigenvalue weighted by Crippen LogP contribution is 2.43. The Morgan fingerprint density at radius 2 is 1.88 bits per heavy atom.